The number of hydrogen-bond donors (Lipinski definition) is 2. The molecule has 1 aromatic heterocycles. The standard InChI is InChI=1S/C26H28N4O4S.Na/c1-4-25-28-23-14-11-21(34-3)17-24(23)30(25)20-9-7-19(8-10-20)15-16-27-26(31)29-35(32,33)22-12-5-18(2)6-13-22;/h5-14,17H,4,15-16H2,1-3H3,(H2,27,29,31);. The Bertz CT molecular complexity index is 1450. The van der Waals surface area contributed by atoms with E-state index in [9.17, 15) is 13.2 Å². The van der Waals surface area contributed by atoms with Crippen LogP contribution in [0.4, 0.5) is 4.79 Å². The van der Waals surface area contributed by atoms with Gasteiger partial charge in [0.25, 0.3) is 10.0 Å². The minimum absolute atomic E-state index is 0. The topological polar surface area (TPSA) is 102 Å². The molecule has 2 amide bonds. The molecule has 2 N–H and O–H groups in total. The van der Waals surface area contributed by atoms with Crippen LogP contribution in [0.3, 0.4) is 0 Å². The zero-order valence-electron chi connectivity index (χ0n) is 20.9. The van der Waals surface area contributed by atoms with Crippen LogP contribution in [0.2, 0.25) is 0 Å². The number of rotatable bonds is 8. The molecule has 1 radical (unpaired) electrons. The first-order chi connectivity index (χ1) is 16.8. The van der Waals surface area contributed by atoms with Gasteiger partial charge in [0, 0.05) is 54.3 Å². The van der Waals surface area contributed by atoms with Crippen molar-refractivity contribution in [2.24, 2.45) is 0 Å². The van der Waals surface area contributed by atoms with Gasteiger partial charge in [0.15, 0.2) is 0 Å². The molecule has 10 heteroatoms. The normalized spacial score (nSPS) is 11.1. The first-order valence-electron chi connectivity index (χ1n) is 11.3. The number of nitrogens with one attached hydrogen (secondary N) is 2. The number of hydrogen-bond acceptors (Lipinski definition) is 5. The molecule has 4 aromatic rings. The molecular formula is C26H28N4NaO4S. The maximum atomic E-state index is 12.3. The van der Waals surface area contributed by atoms with Crippen LogP contribution < -0.4 is 14.8 Å². The third-order valence-corrected chi connectivity index (χ3v) is 7.05. The Morgan fingerprint density at radius 1 is 1.03 bits per heavy atom. The van der Waals surface area contributed by atoms with Crippen LogP contribution in [0.15, 0.2) is 71.6 Å². The summed E-state index contributed by atoms with van der Waals surface area (Å²) >= 11 is 0. The first kappa shape index (κ1) is 27.7. The minimum Gasteiger partial charge on any atom is -0.497 e. The number of benzene rings is 3. The number of methoxy groups -OCH3 is 1. The molecular weight excluding hydrogens is 487 g/mol. The minimum atomic E-state index is -3.91. The van der Waals surface area contributed by atoms with Gasteiger partial charge in [-0.05, 0) is 55.3 Å². The number of aromatic nitrogens is 2. The summed E-state index contributed by atoms with van der Waals surface area (Å²) in [4.78, 5) is 16.9. The van der Waals surface area contributed by atoms with Crippen LogP contribution in [0, 0.1) is 6.92 Å². The maximum Gasteiger partial charge on any atom is 0.328 e. The van der Waals surface area contributed by atoms with E-state index in [1.165, 1.54) is 12.1 Å². The average molecular weight is 516 g/mol. The molecule has 0 atom stereocenters. The van der Waals surface area contributed by atoms with Crippen molar-refractivity contribution in [1.29, 1.82) is 0 Å². The van der Waals surface area contributed by atoms with Crippen molar-refractivity contribution >= 4 is 56.6 Å². The molecule has 8 nitrogen and oxygen atoms in total. The molecule has 0 aliphatic rings. The van der Waals surface area contributed by atoms with Gasteiger partial charge in [0.05, 0.1) is 23.0 Å². The molecule has 3 aromatic carbocycles. The number of carbonyl (C=O) groups is 1. The SMILES string of the molecule is CCc1nc2ccc(OC)cc2n1-c1ccc(CCNC(=O)NS(=O)(=O)c2ccc(C)cc2)cc1.[Na]. The van der Waals surface area contributed by atoms with Gasteiger partial charge >= 0.3 is 6.03 Å². The number of amides is 2. The average Bonchev–Trinajstić information content (AvgIpc) is 3.22. The van der Waals surface area contributed by atoms with E-state index >= 15 is 0 Å². The van der Waals surface area contributed by atoms with E-state index in [0.717, 1.165) is 45.8 Å². The van der Waals surface area contributed by atoms with Gasteiger partial charge in [-0.3, -0.25) is 4.57 Å². The largest absolute Gasteiger partial charge is 0.497 e. The van der Waals surface area contributed by atoms with Gasteiger partial charge in [-0.25, -0.2) is 22.9 Å². The predicted octanol–water partition coefficient (Wildman–Crippen LogP) is 3.75. The fourth-order valence-corrected chi connectivity index (χ4v) is 4.75. The molecule has 4 rings (SSSR count). The number of imidazole rings is 1. The van der Waals surface area contributed by atoms with Gasteiger partial charge in [-0.15, -0.1) is 0 Å². The Balaban J connectivity index is 0.00000361. The van der Waals surface area contributed by atoms with E-state index in [2.05, 4.69) is 16.8 Å². The van der Waals surface area contributed by atoms with Crippen LogP contribution in [-0.4, -0.2) is 67.2 Å². The van der Waals surface area contributed by atoms with Crippen LogP contribution in [-0.2, 0) is 22.9 Å². The second-order valence-electron chi connectivity index (χ2n) is 8.16. The van der Waals surface area contributed by atoms with Crippen LogP contribution in [0.5, 0.6) is 5.75 Å². The van der Waals surface area contributed by atoms with Crippen LogP contribution in [0.1, 0.15) is 23.9 Å². The Morgan fingerprint density at radius 2 is 1.72 bits per heavy atom. The summed E-state index contributed by atoms with van der Waals surface area (Å²) in [6.07, 6.45) is 1.33. The molecule has 0 unspecified atom stereocenters. The molecule has 0 bridgehead atoms. The van der Waals surface area contributed by atoms with E-state index in [0.29, 0.717) is 13.0 Å². The summed E-state index contributed by atoms with van der Waals surface area (Å²) in [7, 11) is -2.27. The van der Waals surface area contributed by atoms with Crippen molar-refractivity contribution in [3.05, 3.63) is 83.7 Å². The third-order valence-electron chi connectivity index (χ3n) is 5.70. The Labute approximate surface area is 233 Å². The summed E-state index contributed by atoms with van der Waals surface area (Å²) in [5.41, 5.74) is 4.81. The van der Waals surface area contributed by atoms with E-state index < -0.39 is 16.1 Å². The summed E-state index contributed by atoms with van der Waals surface area (Å²) < 4.78 is 34.2. The van der Waals surface area contributed by atoms with Crippen LogP contribution >= 0.6 is 0 Å². The van der Waals surface area contributed by atoms with Crippen molar-refractivity contribution in [1.82, 2.24) is 19.6 Å². The van der Waals surface area contributed by atoms with Crippen molar-refractivity contribution in [3.8, 4) is 11.4 Å². The molecule has 0 aliphatic carbocycles. The van der Waals surface area contributed by atoms with Gasteiger partial charge < -0.3 is 10.1 Å². The summed E-state index contributed by atoms with van der Waals surface area (Å²) in [5.74, 6) is 1.72. The van der Waals surface area contributed by atoms with E-state index in [-0.39, 0.29) is 34.5 Å². The zero-order valence-corrected chi connectivity index (χ0v) is 23.7. The summed E-state index contributed by atoms with van der Waals surface area (Å²) in [6.45, 7) is 4.22. The van der Waals surface area contributed by atoms with Gasteiger partial charge in [0.2, 0.25) is 0 Å². The zero-order chi connectivity index (χ0) is 25.0. The monoisotopic (exact) mass is 515 g/mol. The van der Waals surface area contributed by atoms with E-state index in [1.807, 2.05) is 54.1 Å². The molecule has 0 saturated carbocycles. The molecule has 183 valence electrons. The van der Waals surface area contributed by atoms with Crippen molar-refractivity contribution in [2.75, 3.05) is 13.7 Å². The van der Waals surface area contributed by atoms with Crippen molar-refractivity contribution in [2.45, 2.75) is 31.6 Å². The number of aryl methyl sites for hydroxylation is 2. The summed E-state index contributed by atoms with van der Waals surface area (Å²) in [5, 5.41) is 2.61. The number of fused-ring (bicyclic) bond motifs is 1. The van der Waals surface area contributed by atoms with E-state index in [1.54, 1.807) is 19.2 Å². The van der Waals surface area contributed by atoms with E-state index in [4.69, 9.17) is 9.72 Å². The predicted molar refractivity (Wildman–Crippen MR) is 141 cm³/mol. The molecule has 0 spiro atoms. The molecule has 1 heterocycles. The molecule has 36 heavy (non-hydrogen) atoms. The quantitative estimate of drug-likeness (QED) is 0.348. The number of carbonyl (C=O) groups excluding carboxylic acids is 1. The fourth-order valence-electron chi connectivity index (χ4n) is 3.82. The number of nitrogens with zero attached hydrogens (tertiary/aromatic N) is 2. The number of urea groups is 1. The Hall–Kier alpha value is -2.85. The van der Waals surface area contributed by atoms with Crippen molar-refractivity contribution in [3.63, 3.8) is 0 Å². The fraction of sp³-hybridized carbons (Fsp3) is 0.231. The third kappa shape index (κ3) is 6.28. The number of ether oxygens (including phenoxy) is 1. The number of sulfonamides is 1. The van der Waals surface area contributed by atoms with Crippen molar-refractivity contribution < 1.29 is 17.9 Å². The molecule has 0 aliphatic heterocycles. The van der Waals surface area contributed by atoms with Gasteiger partial charge in [-0.2, -0.15) is 0 Å². The second-order valence-corrected chi connectivity index (χ2v) is 9.84. The Morgan fingerprint density at radius 3 is 2.36 bits per heavy atom. The molecule has 0 saturated heterocycles. The summed E-state index contributed by atoms with van der Waals surface area (Å²) in [6, 6.07) is 19.4. The first-order valence-corrected chi connectivity index (χ1v) is 12.8. The molecule has 0 fully saturated rings. The van der Waals surface area contributed by atoms with Gasteiger partial charge in [0.1, 0.15) is 11.6 Å². The van der Waals surface area contributed by atoms with Crippen LogP contribution in [0.25, 0.3) is 16.7 Å². The second kappa shape index (κ2) is 11.9. The van der Waals surface area contributed by atoms with Gasteiger partial charge in [-0.1, -0.05) is 36.8 Å². The Kier molecular flexibility index (Phi) is 9.19. The maximum absolute atomic E-state index is 12.3. The smallest absolute Gasteiger partial charge is 0.328 e.